The maximum absolute atomic E-state index is 14.7. The minimum absolute atomic E-state index is 0.0872. The van der Waals surface area contributed by atoms with Gasteiger partial charge in [-0.3, -0.25) is 4.79 Å². The van der Waals surface area contributed by atoms with E-state index < -0.39 is 139 Å². The SMILES string of the molecule is CC1OC(OC2C(O)C(OC3CCC4(C)C(CCC5(C)C4CC=C4C6CC(C)(C)C(O)CC6(C(=O)OC6OC(CO)C(O)C(O)C6O)CCC45C)C3(C)C)OC(C(=O)O)C2O)C(O)C(O)C1O. The molecule has 4 saturated carbocycles. The van der Waals surface area contributed by atoms with Crippen molar-refractivity contribution in [3.8, 4) is 0 Å². The van der Waals surface area contributed by atoms with E-state index in [1.54, 1.807) is 0 Å². The van der Waals surface area contributed by atoms with Crippen LogP contribution in [0.5, 0.6) is 0 Å². The molecule has 0 spiro atoms. The molecule has 0 radical (unpaired) electrons. The van der Waals surface area contributed by atoms with E-state index in [1.165, 1.54) is 6.92 Å². The Balaban J connectivity index is 1.04. The third-order valence-electron chi connectivity index (χ3n) is 19.4. The number of carboxylic acid groups (broad SMARTS) is 1. The average molecular weight is 957 g/mol. The van der Waals surface area contributed by atoms with Crippen LogP contribution in [0.1, 0.15) is 113 Å². The Morgan fingerprint density at radius 2 is 1.33 bits per heavy atom. The van der Waals surface area contributed by atoms with Gasteiger partial charge in [0.2, 0.25) is 6.29 Å². The van der Waals surface area contributed by atoms with Crippen LogP contribution in [0.2, 0.25) is 0 Å². The van der Waals surface area contributed by atoms with Crippen molar-refractivity contribution in [3.05, 3.63) is 11.6 Å². The average Bonchev–Trinajstić information content (AvgIpc) is 3.25. The summed E-state index contributed by atoms with van der Waals surface area (Å²) in [6.07, 6.45) is -18.2. The molecule has 0 bridgehead atoms. The summed E-state index contributed by atoms with van der Waals surface area (Å²) in [5.41, 5.74) is -1.98. The molecular weight excluding hydrogens is 881 g/mol. The number of carbonyl (C=O) groups is 2. The second kappa shape index (κ2) is 17.7. The zero-order valence-electron chi connectivity index (χ0n) is 39.9. The first-order chi connectivity index (χ1) is 31.1. The van der Waals surface area contributed by atoms with Gasteiger partial charge >= 0.3 is 11.9 Å². The van der Waals surface area contributed by atoms with Gasteiger partial charge in [-0.15, -0.1) is 0 Å². The molecular formula is C48H76O19. The predicted molar refractivity (Wildman–Crippen MR) is 231 cm³/mol. The van der Waals surface area contributed by atoms with E-state index in [0.717, 1.165) is 24.8 Å². The Hall–Kier alpha value is -1.92. The summed E-state index contributed by atoms with van der Waals surface area (Å²) in [6.45, 7) is 16.0. The van der Waals surface area contributed by atoms with Crippen LogP contribution in [0, 0.1) is 50.2 Å². The zero-order chi connectivity index (χ0) is 49.3. The number of ether oxygens (including phenoxy) is 6. The summed E-state index contributed by atoms with van der Waals surface area (Å²) in [4.78, 5) is 27.1. The molecule has 24 atom stereocenters. The molecule has 5 aliphatic carbocycles. The first-order valence-electron chi connectivity index (χ1n) is 24.3. The lowest BCUT2D eigenvalue weighted by Crippen LogP contribution is -2.67. The highest BCUT2D eigenvalue weighted by atomic mass is 16.7. The summed E-state index contributed by atoms with van der Waals surface area (Å²) in [7, 11) is 0. The third-order valence-corrected chi connectivity index (χ3v) is 19.4. The lowest BCUT2D eigenvalue weighted by molar-refractivity contribution is -0.363. The molecule has 382 valence electrons. The van der Waals surface area contributed by atoms with Crippen LogP contribution in [0.4, 0.5) is 0 Å². The van der Waals surface area contributed by atoms with E-state index in [0.29, 0.717) is 32.1 Å². The number of allylic oxidation sites excluding steroid dienone is 2. The summed E-state index contributed by atoms with van der Waals surface area (Å²) in [5, 5.41) is 117. The van der Waals surface area contributed by atoms with Crippen molar-refractivity contribution >= 4 is 11.9 Å². The summed E-state index contributed by atoms with van der Waals surface area (Å²) < 4.78 is 35.3. The smallest absolute Gasteiger partial charge is 0.335 e. The molecule has 3 saturated heterocycles. The number of esters is 1. The summed E-state index contributed by atoms with van der Waals surface area (Å²) >= 11 is 0. The normalized spacial score (nSPS) is 53.7. The standard InChI is InChI=1S/C48H76O19/c1-20-28(51)30(53)32(55)39(62-20)65-36-34(57)37(38(59)60)66-41(35(36)58)64-27-12-13-45(6)24(44(27,4)5)11-14-47(8)25(45)10-9-21-22-17-43(2,3)26(50)18-48(22,16-15-46(21,47)7)42(61)67-40-33(56)31(54)29(52)23(19-49)63-40/h9,20,22-37,39-41,49-58H,10-19H2,1-8H3,(H,59,60). The highest BCUT2D eigenvalue weighted by molar-refractivity contribution is 5.79. The van der Waals surface area contributed by atoms with Gasteiger partial charge in [0.1, 0.15) is 61.0 Å². The van der Waals surface area contributed by atoms with Crippen molar-refractivity contribution in [1.82, 2.24) is 0 Å². The van der Waals surface area contributed by atoms with Crippen LogP contribution in [0.3, 0.4) is 0 Å². The molecule has 0 amide bonds. The fourth-order valence-electron chi connectivity index (χ4n) is 15.0. The number of hydrogen-bond donors (Lipinski definition) is 11. The predicted octanol–water partition coefficient (Wildman–Crippen LogP) is 0.231. The van der Waals surface area contributed by atoms with Gasteiger partial charge in [-0.05, 0) is 110 Å². The van der Waals surface area contributed by atoms with E-state index in [9.17, 15) is 65.8 Å². The minimum atomic E-state index is -1.92. The number of aliphatic carboxylic acids is 1. The van der Waals surface area contributed by atoms with Gasteiger partial charge in [0.05, 0.1) is 30.3 Å². The molecule has 7 fully saturated rings. The van der Waals surface area contributed by atoms with Crippen molar-refractivity contribution in [1.29, 1.82) is 0 Å². The fraction of sp³-hybridized carbons (Fsp3) is 0.917. The van der Waals surface area contributed by atoms with Crippen LogP contribution in [-0.4, -0.2) is 179 Å². The van der Waals surface area contributed by atoms with Gasteiger partial charge < -0.3 is 84.6 Å². The van der Waals surface area contributed by atoms with Crippen molar-refractivity contribution in [2.24, 2.45) is 50.2 Å². The zero-order valence-corrected chi connectivity index (χ0v) is 39.9. The van der Waals surface area contributed by atoms with Crippen LogP contribution in [-0.2, 0) is 38.0 Å². The molecule has 3 heterocycles. The third kappa shape index (κ3) is 7.88. The maximum Gasteiger partial charge on any atom is 0.335 e. The Bertz CT molecular complexity index is 1890. The van der Waals surface area contributed by atoms with Crippen molar-refractivity contribution in [3.63, 3.8) is 0 Å². The highest BCUT2D eigenvalue weighted by Crippen LogP contribution is 2.76. The van der Waals surface area contributed by atoms with E-state index in [1.807, 2.05) is 13.8 Å². The van der Waals surface area contributed by atoms with Crippen molar-refractivity contribution in [2.45, 2.75) is 218 Å². The Morgan fingerprint density at radius 3 is 1.99 bits per heavy atom. The second-order valence-electron chi connectivity index (χ2n) is 23.5. The Morgan fingerprint density at radius 1 is 0.687 bits per heavy atom. The van der Waals surface area contributed by atoms with Crippen LogP contribution < -0.4 is 0 Å². The maximum atomic E-state index is 14.7. The molecule has 3 aliphatic heterocycles. The number of carboxylic acids is 1. The van der Waals surface area contributed by atoms with Crippen molar-refractivity contribution < 1.29 is 94.2 Å². The van der Waals surface area contributed by atoms with Crippen LogP contribution in [0.15, 0.2) is 11.6 Å². The van der Waals surface area contributed by atoms with Gasteiger partial charge in [0.25, 0.3) is 0 Å². The molecule has 0 aromatic heterocycles. The molecule has 0 aromatic carbocycles. The van der Waals surface area contributed by atoms with Crippen LogP contribution in [0.25, 0.3) is 0 Å². The molecule has 19 nitrogen and oxygen atoms in total. The number of fused-ring (bicyclic) bond motifs is 7. The largest absolute Gasteiger partial charge is 0.479 e. The molecule has 0 aromatic rings. The van der Waals surface area contributed by atoms with E-state index in [2.05, 4.69) is 40.7 Å². The molecule has 8 rings (SSSR count). The molecule has 24 unspecified atom stereocenters. The van der Waals surface area contributed by atoms with Gasteiger partial charge in [0, 0.05) is 0 Å². The monoisotopic (exact) mass is 956 g/mol. The van der Waals surface area contributed by atoms with Gasteiger partial charge in [-0.2, -0.15) is 0 Å². The van der Waals surface area contributed by atoms with Crippen molar-refractivity contribution in [2.75, 3.05) is 6.61 Å². The summed E-state index contributed by atoms with van der Waals surface area (Å²) in [5.74, 6) is -2.26. The molecule has 8 aliphatic rings. The molecule has 11 N–H and O–H groups in total. The van der Waals surface area contributed by atoms with Gasteiger partial charge in [0.15, 0.2) is 18.7 Å². The quantitative estimate of drug-likeness (QED) is 0.0882. The van der Waals surface area contributed by atoms with E-state index in [4.69, 9.17) is 28.4 Å². The number of aliphatic hydroxyl groups is 10. The van der Waals surface area contributed by atoms with Gasteiger partial charge in [-0.1, -0.05) is 60.1 Å². The number of hydrogen-bond acceptors (Lipinski definition) is 18. The van der Waals surface area contributed by atoms with Crippen LogP contribution >= 0.6 is 0 Å². The minimum Gasteiger partial charge on any atom is -0.479 e. The Labute approximate surface area is 391 Å². The first-order valence-corrected chi connectivity index (χ1v) is 24.3. The topological polar surface area (TPSA) is 312 Å². The van der Waals surface area contributed by atoms with E-state index in [-0.39, 0.29) is 40.4 Å². The number of rotatable bonds is 8. The number of aliphatic hydroxyl groups excluding tert-OH is 10. The Kier molecular flexibility index (Phi) is 13.6. The van der Waals surface area contributed by atoms with Gasteiger partial charge in [-0.25, -0.2) is 4.79 Å². The molecule has 67 heavy (non-hydrogen) atoms. The lowest BCUT2D eigenvalue weighted by atomic mass is 9.33. The number of carbonyl (C=O) groups excluding carboxylic acids is 1. The highest BCUT2D eigenvalue weighted by Gasteiger charge is 2.71. The fourth-order valence-corrected chi connectivity index (χ4v) is 15.0. The summed E-state index contributed by atoms with van der Waals surface area (Å²) in [6, 6.07) is 0. The lowest BCUT2D eigenvalue weighted by Gasteiger charge is -2.71. The molecule has 19 heteroatoms. The van der Waals surface area contributed by atoms with E-state index >= 15 is 0 Å². The first kappa shape index (κ1) is 51.4. The second-order valence-corrected chi connectivity index (χ2v) is 23.5.